The fraction of sp³-hybridized carbons (Fsp3) is 0.632. The Balaban J connectivity index is 1.89. The minimum Gasteiger partial charge on any atom is -0.495 e. The van der Waals surface area contributed by atoms with E-state index < -0.39 is 10.0 Å². The minimum absolute atomic E-state index is 0.00890. The van der Waals surface area contributed by atoms with Gasteiger partial charge in [-0.05, 0) is 63.4 Å². The van der Waals surface area contributed by atoms with Gasteiger partial charge in [0.2, 0.25) is 10.0 Å². The Morgan fingerprint density at radius 1 is 1.26 bits per heavy atom. The Hall–Kier alpha value is -1.64. The standard InChI is InChI=1S/C19H29N3O4S/c1-3-12-22(16-8-10-20-11-9-16)19(23)14-4-7-17(26-2)18(13-14)27(24,25)21-15-5-6-15/h4,7,13,15-16,20-21H,3,5-6,8-12H2,1-2H3. The Kier molecular flexibility index (Phi) is 6.39. The van der Waals surface area contributed by atoms with Crippen molar-refractivity contribution in [1.82, 2.24) is 14.9 Å². The van der Waals surface area contributed by atoms with Crippen LogP contribution >= 0.6 is 0 Å². The van der Waals surface area contributed by atoms with Gasteiger partial charge in [0, 0.05) is 24.2 Å². The Morgan fingerprint density at radius 3 is 2.56 bits per heavy atom. The molecular formula is C19H29N3O4S. The first-order valence-electron chi connectivity index (χ1n) is 9.68. The molecule has 1 aliphatic carbocycles. The molecule has 3 rings (SSSR count). The fourth-order valence-corrected chi connectivity index (χ4v) is 4.98. The SMILES string of the molecule is CCCN(C(=O)c1ccc(OC)c(S(=O)(=O)NC2CC2)c1)C1CCNCC1. The molecule has 1 aromatic rings. The van der Waals surface area contributed by atoms with Gasteiger partial charge in [-0.25, -0.2) is 13.1 Å². The fourth-order valence-electron chi connectivity index (χ4n) is 3.48. The van der Waals surface area contributed by atoms with Gasteiger partial charge in [0.05, 0.1) is 7.11 Å². The molecule has 1 heterocycles. The molecule has 0 atom stereocenters. The number of carbonyl (C=O) groups is 1. The minimum atomic E-state index is -3.71. The van der Waals surface area contributed by atoms with Crippen LogP contribution in [0.3, 0.4) is 0 Å². The van der Waals surface area contributed by atoms with Crippen LogP contribution in [0.15, 0.2) is 23.1 Å². The highest BCUT2D eigenvalue weighted by Crippen LogP contribution is 2.29. The summed E-state index contributed by atoms with van der Waals surface area (Å²) in [4.78, 5) is 15.1. The van der Waals surface area contributed by atoms with E-state index in [0.717, 1.165) is 45.2 Å². The van der Waals surface area contributed by atoms with Crippen molar-refractivity contribution in [3.63, 3.8) is 0 Å². The highest BCUT2D eigenvalue weighted by molar-refractivity contribution is 7.89. The molecule has 1 aliphatic heterocycles. The highest BCUT2D eigenvalue weighted by Gasteiger charge is 2.31. The summed E-state index contributed by atoms with van der Waals surface area (Å²) in [7, 11) is -2.28. The van der Waals surface area contributed by atoms with Crippen LogP contribution in [-0.4, -0.2) is 58.1 Å². The summed E-state index contributed by atoms with van der Waals surface area (Å²) >= 11 is 0. The van der Waals surface area contributed by atoms with Gasteiger partial charge in [-0.15, -0.1) is 0 Å². The maximum atomic E-state index is 13.2. The quantitative estimate of drug-likeness (QED) is 0.700. The van der Waals surface area contributed by atoms with Crippen molar-refractivity contribution in [2.45, 2.75) is 56.0 Å². The first kappa shape index (κ1) is 20.1. The van der Waals surface area contributed by atoms with Gasteiger partial charge >= 0.3 is 0 Å². The molecular weight excluding hydrogens is 366 g/mol. The van der Waals surface area contributed by atoms with E-state index in [1.807, 2.05) is 11.8 Å². The van der Waals surface area contributed by atoms with E-state index in [0.29, 0.717) is 12.1 Å². The first-order valence-corrected chi connectivity index (χ1v) is 11.2. The van der Waals surface area contributed by atoms with Gasteiger partial charge in [0.15, 0.2) is 0 Å². The molecule has 0 spiro atoms. The van der Waals surface area contributed by atoms with Crippen LogP contribution in [0.5, 0.6) is 5.75 Å². The third-order valence-electron chi connectivity index (χ3n) is 5.07. The summed E-state index contributed by atoms with van der Waals surface area (Å²) in [6, 6.07) is 4.86. The predicted octanol–water partition coefficient (Wildman–Crippen LogP) is 1.74. The van der Waals surface area contributed by atoms with Crippen LogP contribution in [0.25, 0.3) is 0 Å². The van der Waals surface area contributed by atoms with Crippen LogP contribution in [0.4, 0.5) is 0 Å². The molecule has 1 aromatic carbocycles. The van der Waals surface area contributed by atoms with E-state index in [1.165, 1.54) is 13.2 Å². The van der Waals surface area contributed by atoms with Crippen LogP contribution in [0.2, 0.25) is 0 Å². The highest BCUT2D eigenvalue weighted by atomic mass is 32.2. The summed E-state index contributed by atoms with van der Waals surface area (Å²) in [6.45, 7) is 4.50. The number of piperidine rings is 1. The number of hydrogen-bond acceptors (Lipinski definition) is 5. The van der Waals surface area contributed by atoms with Crippen molar-refractivity contribution in [2.75, 3.05) is 26.7 Å². The molecule has 1 amide bonds. The van der Waals surface area contributed by atoms with Crippen molar-refractivity contribution >= 4 is 15.9 Å². The molecule has 150 valence electrons. The van der Waals surface area contributed by atoms with Crippen LogP contribution in [0.1, 0.15) is 49.4 Å². The molecule has 0 unspecified atom stereocenters. The molecule has 0 radical (unpaired) electrons. The van der Waals surface area contributed by atoms with E-state index in [1.54, 1.807) is 12.1 Å². The van der Waals surface area contributed by atoms with E-state index in [-0.39, 0.29) is 28.6 Å². The molecule has 0 bridgehead atoms. The van der Waals surface area contributed by atoms with Crippen LogP contribution < -0.4 is 14.8 Å². The van der Waals surface area contributed by atoms with Crippen LogP contribution in [-0.2, 0) is 10.0 Å². The smallest absolute Gasteiger partial charge is 0.254 e. The number of benzene rings is 1. The van der Waals surface area contributed by atoms with Crippen molar-refractivity contribution < 1.29 is 17.9 Å². The predicted molar refractivity (Wildman–Crippen MR) is 104 cm³/mol. The number of nitrogens with one attached hydrogen (secondary N) is 2. The lowest BCUT2D eigenvalue weighted by atomic mass is 10.0. The number of nitrogens with zero attached hydrogens (tertiary/aromatic N) is 1. The zero-order chi connectivity index (χ0) is 19.4. The Morgan fingerprint density at radius 2 is 1.96 bits per heavy atom. The molecule has 1 saturated heterocycles. The van der Waals surface area contributed by atoms with Crippen molar-refractivity contribution in [3.05, 3.63) is 23.8 Å². The van der Waals surface area contributed by atoms with Crippen LogP contribution in [0, 0.1) is 0 Å². The number of ether oxygens (including phenoxy) is 1. The summed E-state index contributed by atoms with van der Waals surface area (Å²) < 4.78 is 33.3. The molecule has 1 saturated carbocycles. The summed E-state index contributed by atoms with van der Waals surface area (Å²) in [5, 5.41) is 3.32. The van der Waals surface area contributed by atoms with E-state index >= 15 is 0 Å². The monoisotopic (exact) mass is 395 g/mol. The van der Waals surface area contributed by atoms with Crippen molar-refractivity contribution in [3.8, 4) is 5.75 Å². The third kappa shape index (κ3) is 4.80. The van der Waals surface area contributed by atoms with Gasteiger partial charge in [-0.2, -0.15) is 0 Å². The average molecular weight is 396 g/mol. The van der Waals surface area contributed by atoms with E-state index in [9.17, 15) is 13.2 Å². The second kappa shape index (κ2) is 8.58. The maximum absolute atomic E-state index is 13.2. The van der Waals surface area contributed by atoms with Gasteiger partial charge in [-0.1, -0.05) is 6.92 Å². The largest absolute Gasteiger partial charge is 0.495 e. The van der Waals surface area contributed by atoms with Crippen molar-refractivity contribution in [2.24, 2.45) is 0 Å². The number of carbonyl (C=O) groups excluding carboxylic acids is 1. The molecule has 0 aromatic heterocycles. The summed E-state index contributed by atoms with van der Waals surface area (Å²) in [5.74, 6) is 0.137. The third-order valence-corrected chi connectivity index (χ3v) is 6.62. The van der Waals surface area contributed by atoms with E-state index in [4.69, 9.17) is 4.74 Å². The molecule has 7 nitrogen and oxygen atoms in total. The molecule has 2 aliphatic rings. The topological polar surface area (TPSA) is 87.7 Å². The average Bonchev–Trinajstić information content (AvgIpc) is 3.49. The normalized spacial score (nSPS) is 18.3. The number of sulfonamides is 1. The Bertz CT molecular complexity index is 771. The van der Waals surface area contributed by atoms with Gasteiger partial charge in [-0.3, -0.25) is 4.79 Å². The maximum Gasteiger partial charge on any atom is 0.254 e. The molecule has 27 heavy (non-hydrogen) atoms. The first-order chi connectivity index (χ1) is 13.0. The van der Waals surface area contributed by atoms with Gasteiger partial charge in [0.1, 0.15) is 10.6 Å². The number of methoxy groups -OCH3 is 1. The lowest BCUT2D eigenvalue weighted by Gasteiger charge is -2.34. The summed E-state index contributed by atoms with van der Waals surface area (Å²) in [6.07, 6.45) is 4.38. The number of rotatable bonds is 8. The van der Waals surface area contributed by atoms with E-state index in [2.05, 4.69) is 10.0 Å². The lowest BCUT2D eigenvalue weighted by molar-refractivity contribution is 0.0642. The number of amides is 1. The zero-order valence-corrected chi connectivity index (χ0v) is 16.8. The second-order valence-corrected chi connectivity index (χ2v) is 8.92. The lowest BCUT2D eigenvalue weighted by Crippen LogP contribution is -2.46. The number of hydrogen-bond donors (Lipinski definition) is 2. The second-order valence-electron chi connectivity index (χ2n) is 7.24. The molecule has 8 heteroatoms. The Labute approximate surface area is 161 Å². The summed E-state index contributed by atoms with van der Waals surface area (Å²) in [5.41, 5.74) is 0.388. The molecule has 2 fully saturated rings. The zero-order valence-electron chi connectivity index (χ0n) is 16.0. The van der Waals surface area contributed by atoms with Gasteiger partial charge in [0.25, 0.3) is 5.91 Å². The van der Waals surface area contributed by atoms with Crippen molar-refractivity contribution in [1.29, 1.82) is 0 Å². The molecule has 2 N–H and O–H groups in total. The van der Waals surface area contributed by atoms with Gasteiger partial charge < -0.3 is 15.0 Å².